The van der Waals surface area contributed by atoms with Gasteiger partial charge in [-0.1, -0.05) is 222 Å². The van der Waals surface area contributed by atoms with Crippen LogP contribution in [0.2, 0.25) is 0 Å². The van der Waals surface area contributed by atoms with Gasteiger partial charge in [0.1, 0.15) is 13.2 Å². The molecule has 0 radical (unpaired) electrons. The van der Waals surface area contributed by atoms with E-state index < -0.39 is 6.10 Å². The zero-order valence-electron chi connectivity index (χ0n) is 44.2. The number of hydrogen-bond acceptors (Lipinski definition) is 6. The van der Waals surface area contributed by atoms with Gasteiger partial charge in [0.25, 0.3) is 0 Å². The van der Waals surface area contributed by atoms with Crippen LogP contribution in [0.25, 0.3) is 0 Å². The van der Waals surface area contributed by atoms with Gasteiger partial charge in [-0.25, -0.2) is 0 Å². The van der Waals surface area contributed by atoms with Crippen LogP contribution in [-0.2, 0) is 28.6 Å². The molecule has 0 N–H and O–H groups in total. The highest BCUT2D eigenvalue weighted by molar-refractivity contribution is 5.71. The summed E-state index contributed by atoms with van der Waals surface area (Å²) in [6.07, 6.45) is 70.3. The summed E-state index contributed by atoms with van der Waals surface area (Å²) in [6.45, 7) is 6.50. The second kappa shape index (κ2) is 55.4. The van der Waals surface area contributed by atoms with Crippen LogP contribution in [0.5, 0.6) is 0 Å². The van der Waals surface area contributed by atoms with Gasteiger partial charge in [-0.2, -0.15) is 0 Å². The zero-order valence-corrected chi connectivity index (χ0v) is 44.2. The van der Waals surface area contributed by atoms with Crippen LogP contribution < -0.4 is 0 Å². The standard InChI is InChI=1S/C61H106O6/c1-4-7-10-13-16-19-22-25-28-29-30-31-32-33-34-37-39-42-45-48-51-54-60(63)66-57-58(67-61(64)55-52-49-46-43-40-36-27-24-21-18-15-12-9-6-3)56-65-59(62)53-50-47-44-41-38-35-26-23-20-17-14-11-8-5-2/h7,10,16,19,23-28,30-31,58H,4-6,8-9,11-15,17-18,20-22,29,32-57H2,1-3H3/b10-7-,19-16-,26-23-,27-24-,28-25-,31-30-. The number of esters is 3. The van der Waals surface area contributed by atoms with E-state index in [1.807, 2.05) is 0 Å². The molecule has 0 spiro atoms. The highest BCUT2D eigenvalue weighted by Gasteiger charge is 2.19. The second-order valence-corrected chi connectivity index (χ2v) is 18.8. The fourth-order valence-corrected chi connectivity index (χ4v) is 7.89. The topological polar surface area (TPSA) is 78.9 Å². The Balaban J connectivity index is 4.37. The van der Waals surface area contributed by atoms with Crippen LogP contribution in [-0.4, -0.2) is 37.2 Å². The van der Waals surface area contributed by atoms with Crippen molar-refractivity contribution < 1.29 is 28.6 Å². The van der Waals surface area contributed by atoms with E-state index in [4.69, 9.17) is 14.2 Å². The van der Waals surface area contributed by atoms with Gasteiger partial charge in [0, 0.05) is 19.3 Å². The van der Waals surface area contributed by atoms with E-state index in [9.17, 15) is 14.4 Å². The summed E-state index contributed by atoms with van der Waals surface area (Å²) in [7, 11) is 0. The molecule has 0 aromatic carbocycles. The van der Waals surface area contributed by atoms with Gasteiger partial charge >= 0.3 is 17.9 Å². The van der Waals surface area contributed by atoms with E-state index in [1.165, 1.54) is 128 Å². The largest absolute Gasteiger partial charge is 0.462 e. The lowest BCUT2D eigenvalue weighted by Crippen LogP contribution is -2.30. The number of carbonyl (C=O) groups excluding carboxylic acids is 3. The molecule has 386 valence electrons. The van der Waals surface area contributed by atoms with E-state index in [2.05, 4.69) is 93.7 Å². The Bertz CT molecular complexity index is 1260. The molecule has 1 atom stereocenters. The maximum absolute atomic E-state index is 12.8. The number of rotatable bonds is 51. The summed E-state index contributed by atoms with van der Waals surface area (Å²) < 4.78 is 16.8. The maximum Gasteiger partial charge on any atom is 0.306 e. The van der Waals surface area contributed by atoms with Crippen molar-refractivity contribution in [1.29, 1.82) is 0 Å². The van der Waals surface area contributed by atoms with Crippen molar-refractivity contribution >= 4 is 17.9 Å². The van der Waals surface area contributed by atoms with E-state index in [0.717, 1.165) is 109 Å². The molecule has 0 aliphatic carbocycles. The summed E-state index contributed by atoms with van der Waals surface area (Å²) >= 11 is 0. The molecule has 0 fully saturated rings. The fraction of sp³-hybridized carbons (Fsp3) is 0.754. The molecule has 67 heavy (non-hydrogen) atoms. The molecule has 0 aromatic rings. The molecular formula is C61H106O6. The Hall–Kier alpha value is -3.15. The normalized spacial score (nSPS) is 12.6. The van der Waals surface area contributed by atoms with Gasteiger partial charge in [-0.3, -0.25) is 14.4 Å². The Kier molecular flexibility index (Phi) is 52.8. The summed E-state index contributed by atoms with van der Waals surface area (Å²) in [5.74, 6) is -0.902. The Morgan fingerprint density at radius 3 is 0.925 bits per heavy atom. The van der Waals surface area contributed by atoms with E-state index in [1.54, 1.807) is 0 Å². The summed E-state index contributed by atoms with van der Waals surface area (Å²) in [5.41, 5.74) is 0. The third-order valence-corrected chi connectivity index (χ3v) is 12.2. The fourth-order valence-electron chi connectivity index (χ4n) is 7.89. The number of hydrogen-bond donors (Lipinski definition) is 0. The van der Waals surface area contributed by atoms with Crippen molar-refractivity contribution in [2.24, 2.45) is 0 Å². The minimum atomic E-state index is -0.786. The first kappa shape index (κ1) is 63.8. The monoisotopic (exact) mass is 935 g/mol. The smallest absolute Gasteiger partial charge is 0.306 e. The predicted octanol–water partition coefficient (Wildman–Crippen LogP) is 19.0. The highest BCUT2D eigenvalue weighted by atomic mass is 16.6. The van der Waals surface area contributed by atoms with Crippen LogP contribution in [0.15, 0.2) is 72.9 Å². The first-order chi connectivity index (χ1) is 33.0. The van der Waals surface area contributed by atoms with Crippen LogP contribution in [0.3, 0.4) is 0 Å². The quantitative estimate of drug-likeness (QED) is 0.0262. The molecule has 0 aliphatic rings. The SMILES string of the molecule is CC/C=C\C/C=C\C/C=C\C/C=C\CCCCCCCCCCC(=O)OCC(COC(=O)CCCCCCC/C=C\CCCCCCC)OC(=O)CCCCCCC/C=C\CCCCCCC. The third kappa shape index (κ3) is 53.7. The summed E-state index contributed by atoms with van der Waals surface area (Å²) in [5, 5.41) is 0. The van der Waals surface area contributed by atoms with Crippen LogP contribution in [0, 0.1) is 0 Å². The molecule has 1 unspecified atom stereocenters. The van der Waals surface area contributed by atoms with Crippen molar-refractivity contribution in [2.45, 2.75) is 284 Å². The molecule has 0 bridgehead atoms. The molecule has 0 aromatic heterocycles. The van der Waals surface area contributed by atoms with Gasteiger partial charge in [0.15, 0.2) is 6.10 Å². The van der Waals surface area contributed by atoms with Crippen molar-refractivity contribution in [3.8, 4) is 0 Å². The van der Waals surface area contributed by atoms with Crippen molar-refractivity contribution in [3.63, 3.8) is 0 Å². The number of ether oxygens (including phenoxy) is 3. The Labute approximate surface area is 414 Å². The average Bonchev–Trinajstić information content (AvgIpc) is 3.33. The average molecular weight is 936 g/mol. The Morgan fingerprint density at radius 1 is 0.313 bits per heavy atom. The van der Waals surface area contributed by atoms with Gasteiger partial charge in [-0.05, 0) is 109 Å². The summed E-state index contributed by atoms with van der Waals surface area (Å²) in [4.78, 5) is 38.1. The van der Waals surface area contributed by atoms with Crippen LogP contribution in [0.4, 0.5) is 0 Å². The van der Waals surface area contributed by atoms with E-state index in [0.29, 0.717) is 19.3 Å². The molecule has 6 heteroatoms. The van der Waals surface area contributed by atoms with Crippen LogP contribution in [0.1, 0.15) is 278 Å². The summed E-state index contributed by atoms with van der Waals surface area (Å²) in [6, 6.07) is 0. The van der Waals surface area contributed by atoms with E-state index >= 15 is 0 Å². The molecule has 0 saturated carbocycles. The first-order valence-corrected chi connectivity index (χ1v) is 28.4. The third-order valence-electron chi connectivity index (χ3n) is 12.2. The van der Waals surface area contributed by atoms with Crippen LogP contribution >= 0.6 is 0 Å². The van der Waals surface area contributed by atoms with Crippen molar-refractivity contribution in [3.05, 3.63) is 72.9 Å². The Morgan fingerprint density at radius 2 is 0.582 bits per heavy atom. The maximum atomic E-state index is 12.8. The molecule has 0 heterocycles. The van der Waals surface area contributed by atoms with Crippen molar-refractivity contribution in [1.82, 2.24) is 0 Å². The van der Waals surface area contributed by atoms with Gasteiger partial charge in [-0.15, -0.1) is 0 Å². The lowest BCUT2D eigenvalue weighted by Gasteiger charge is -2.18. The predicted molar refractivity (Wildman–Crippen MR) is 288 cm³/mol. The van der Waals surface area contributed by atoms with Gasteiger partial charge in [0.2, 0.25) is 0 Å². The lowest BCUT2D eigenvalue weighted by atomic mass is 10.1. The second-order valence-electron chi connectivity index (χ2n) is 18.8. The van der Waals surface area contributed by atoms with E-state index in [-0.39, 0.29) is 31.1 Å². The van der Waals surface area contributed by atoms with Crippen molar-refractivity contribution in [2.75, 3.05) is 13.2 Å². The molecule has 0 amide bonds. The number of carbonyl (C=O) groups is 3. The lowest BCUT2D eigenvalue weighted by molar-refractivity contribution is -0.167. The molecule has 0 aliphatic heterocycles. The molecule has 6 nitrogen and oxygen atoms in total. The van der Waals surface area contributed by atoms with Gasteiger partial charge < -0.3 is 14.2 Å². The number of allylic oxidation sites excluding steroid dienone is 12. The highest BCUT2D eigenvalue weighted by Crippen LogP contribution is 2.15. The molecule has 0 rings (SSSR count). The molecule has 0 saturated heterocycles. The number of unbranched alkanes of at least 4 members (excludes halogenated alkanes) is 28. The minimum absolute atomic E-state index is 0.0848. The first-order valence-electron chi connectivity index (χ1n) is 28.4. The molecular weight excluding hydrogens is 829 g/mol. The van der Waals surface area contributed by atoms with Gasteiger partial charge in [0.05, 0.1) is 0 Å². The minimum Gasteiger partial charge on any atom is -0.462 e. The zero-order chi connectivity index (χ0) is 48.6.